The van der Waals surface area contributed by atoms with Crippen LogP contribution in [0.5, 0.6) is 11.5 Å². The molecule has 1 aromatic carbocycles. The van der Waals surface area contributed by atoms with Gasteiger partial charge in [0.15, 0.2) is 0 Å². The number of aromatic hydroxyl groups is 1. The topological polar surface area (TPSA) is 32.7 Å². The molecule has 0 unspecified atom stereocenters. The van der Waals surface area contributed by atoms with Crippen LogP contribution >= 0.6 is 15.9 Å². The highest BCUT2D eigenvalue weighted by atomic mass is 79.9. The monoisotopic (exact) mass is 299 g/mol. The molecule has 1 aliphatic rings. The van der Waals surface area contributed by atoms with Crippen LogP contribution in [0.25, 0.3) is 0 Å². The van der Waals surface area contributed by atoms with Crippen molar-refractivity contribution < 1.29 is 9.84 Å². The Kier molecular flexibility index (Phi) is 3.82. The molecule has 0 bridgehead atoms. The second-order valence-electron chi connectivity index (χ2n) is 4.65. The third kappa shape index (κ3) is 2.68. The van der Waals surface area contributed by atoms with Crippen molar-refractivity contribution in [3.8, 4) is 11.5 Å². The molecule has 1 fully saturated rings. The van der Waals surface area contributed by atoms with Crippen molar-refractivity contribution >= 4 is 21.6 Å². The molecule has 4 heteroatoms. The molecule has 1 aliphatic heterocycles. The van der Waals surface area contributed by atoms with Crippen molar-refractivity contribution in [1.82, 2.24) is 0 Å². The van der Waals surface area contributed by atoms with Crippen molar-refractivity contribution in [2.75, 3.05) is 25.1 Å². The number of rotatable bonds is 2. The number of phenols is 1. The zero-order valence-corrected chi connectivity index (χ0v) is 11.8. The molecule has 2 rings (SSSR count). The zero-order chi connectivity index (χ0) is 12.4. The van der Waals surface area contributed by atoms with E-state index in [0.29, 0.717) is 10.2 Å². The van der Waals surface area contributed by atoms with Crippen molar-refractivity contribution in [1.29, 1.82) is 0 Å². The van der Waals surface area contributed by atoms with E-state index in [0.717, 1.165) is 24.7 Å². The Hall–Kier alpha value is -0.900. The molecule has 1 heterocycles. The maximum Gasteiger partial charge on any atom is 0.138 e. The first-order chi connectivity index (χ1) is 8.11. The minimum atomic E-state index is 0.234. The number of piperidine rings is 1. The SMILES string of the molecule is COc1cc(N2CCC(C)CC2)cc(O)c1Br. The largest absolute Gasteiger partial charge is 0.507 e. The van der Waals surface area contributed by atoms with Crippen LogP contribution < -0.4 is 9.64 Å². The Bertz CT molecular complexity index is 401. The summed E-state index contributed by atoms with van der Waals surface area (Å²) in [7, 11) is 1.61. The summed E-state index contributed by atoms with van der Waals surface area (Å²) >= 11 is 3.31. The molecular formula is C13H18BrNO2. The average Bonchev–Trinajstić information content (AvgIpc) is 2.33. The number of nitrogens with zero attached hydrogens (tertiary/aromatic N) is 1. The van der Waals surface area contributed by atoms with Crippen molar-refractivity contribution in [2.45, 2.75) is 19.8 Å². The minimum absolute atomic E-state index is 0.234. The van der Waals surface area contributed by atoms with Gasteiger partial charge in [-0.3, -0.25) is 0 Å². The van der Waals surface area contributed by atoms with E-state index in [4.69, 9.17) is 4.74 Å². The van der Waals surface area contributed by atoms with Gasteiger partial charge in [0.1, 0.15) is 16.0 Å². The lowest BCUT2D eigenvalue weighted by Crippen LogP contribution is -2.32. The van der Waals surface area contributed by atoms with Gasteiger partial charge in [0.2, 0.25) is 0 Å². The van der Waals surface area contributed by atoms with E-state index in [1.165, 1.54) is 12.8 Å². The lowest BCUT2D eigenvalue weighted by Gasteiger charge is -2.32. The van der Waals surface area contributed by atoms with Gasteiger partial charge in [0.05, 0.1) is 7.11 Å². The second-order valence-corrected chi connectivity index (χ2v) is 5.44. The zero-order valence-electron chi connectivity index (χ0n) is 10.2. The van der Waals surface area contributed by atoms with Crippen LogP contribution in [-0.4, -0.2) is 25.3 Å². The standard InChI is InChI=1S/C13H18BrNO2/c1-9-3-5-15(6-4-9)10-7-11(16)13(14)12(8-10)17-2/h7-9,16H,3-6H2,1-2H3. The molecule has 0 aromatic heterocycles. The van der Waals surface area contributed by atoms with Crippen LogP contribution in [0.2, 0.25) is 0 Å². The van der Waals surface area contributed by atoms with E-state index in [9.17, 15) is 5.11 Å². The van der Waals surface area contributed by atoms with Gasteiger partial charge in [0.25, 0.3) is 0 Å². The van der Waals surface area contributed by atoms with E-state index in [-0.39, 0.29) is 5.75 Å². The van der Waals surface area contributed by atoms with E-state index in [1.54, 1.807) is 13.2 Å². The molecule has 1 N–H and O–H groups in total. The van der Waals surface area contributed by atoms with Crippen LogP contribution in [0.3, 0.4) is 0 Å². The van der Waals surface area contributed by atoms with Crippen molar-refractivity contribution in [3.05, 3.63) is 16.6 Å². The van der Waals surface area contributed by atoms with Crippen LogP contribution in [0.4, 0.5) is 5.69 Å². The fraction of sp³-hybridized carbons (Fsp3) is 0.538. The molecule has 0 spiro atoms. The molecule has 0 aliphatic carbocycles. The number of hydrogen-bond acceptors (Lipinski definition) is 3. The lowest BCUT2D eigenvalue weighted by atomic mass is 9.99. The summed E-state index contributed by atoms with van der Waals surface area (Å²) < 4.78 is 5.86. The fourth-order valence-electron chi connectivity index (χ4n) is 2.17. The summed E-state index contributed by atoms with van der Waals surface area (Å²) in [5.74, 6) is 1.72. The number of halogens is 1. The predicted molar refractivity (Wildman–Crippen MR) is 73.0 cm³/mol. The summed E-state index contributed by atoms with van der Waals surface area (Å²) in [6, 6.07) is 3.77. The van der Waals surface area contributed by atoms with Gasteiger partial charge in [-0.05, 0) is 34.7 Å². The first kappa shape index (κ1) is 12.6. The van der Waals surface area contributed by atoms with Gasteiger partial charge >= 0.3 is 0 Å². The third-order valence-corrected chi connectivity index (χ3v) is 4.17. The molecule has 3 nitrogen and oxygen atoms in total. The van der Waals surface area contributed by atoms with Gasteiger partial charge in [-0.15, -0.1) is 0 Å². The molecule has 0 radical (unpaired) electrons. The Morgan fingerprint density at radius 3 is 2.59 bits per heavy atom. The van der Waals surface area contributed by atoms with Crippen molar-refractivity contribution in [3.63, 3.8) is 0 Å². The van der Waals surface area contributed by atoms with Crippen LogP contribution in [0, 0.1) is 5.92 Å². The number of methoxy groups -OCH3 is 1. The van der Waals surface area contributed by atoms with Gasteiger partial charge in [-0.2, -0.15) is 0 Å². The summed E-state index contributed by atoms with van der Waals surface area (Å²) in [5.41, 5.74) is 1.04. The lowest BCUT2D eigenvalue weighted by molar-refractivity contribution is 0.402. The van der Waals surface area contributed by atoms with Crippen LogP contribution in [0.1, 0.15) is 19.8 Å². The highest BCUT2D eigenvalue weighted by Crippen LogP contribution is 2.38. The quantitative estimate of drug-likeness (QED) is 0.908. The Morgan fingerprint density at radius 1 is 1.35 bits per heavy atom. The summed E-state index contributed by atoms with van der Waals surface area (Å²) in [6.45, 7) is 4.38. The van der Waals surface area contributed by atoms with Crippen LogP contribution in [-0.2, 0) is 0 Å². The molecule has 0 amide bonds. The van der Waals surface area contributed by atoms with E-state index < -0.39 is 0 Å². The Morgan fingerprint density at radius 2 is 2.00 bits per heavy atom. The molecular weight excluding hydrogens is 282 g/mol. The maximum atomic E-state index is 9.84. The fourth-order valence-corrected chi connectivity index (χ4v) is 2.56. The normalized spacial score (nSPS) is 17.2. The number of benzene rings is 1. The highest BCUT2D eigenvalue weighted by Gasteiger charge is 2.18. The molecule has 1 aromatic rings. The van der Waals surface area contributed by atoms with E-state index in [1.807, 2.05) is 6.07 Å². The molecule has 94 valence electrons. The maximum absolute atomic E-state index is 9.84. The molecule has 17 heavy (non-hydrogen) atoms. The first-order valence-corrected chi connectivity index (χ1v) is 6.72. The Labute approximate surface area is 111 Å². The number of phenolic OH excluding ortho intramolecular Hbond substituents is 1. The second kappa shape index (κ2) is 5.17. The minimum Gasteiger partial charge on any atom is -0.507 e. The van der Waals surface area contributed by atoms with Gasteiger partial charge in [0, 0.05) is 30.9 Å². The molecule has 1 saturated heterocycles. The third-order valence-electron chi connectivity index (χ3n) is 3.37. The Balaban J connectivity index is 2.24. The molecule has 0 atom stereocenters. The number of hydrogen-bond donors (Lipinski definition) is 1. The van der Waals surface area contributed by atoms with Crippen molar-refractivity contribution in [2.24, 2.45) is 5.92 Å². The molecule has 0 saturated carbocycles. The predicted octanol–water partition coefficient (Wildman–Crippen LogP) is 3.40. The van der Waals surface area contributed by atoms with E-state index in [2.05, 4.69) is 27.8 Å². The van der Waals surface area contributed by atoms with Gasteiger partial charge in [-0.25, -0.2) is 0 Å². The number of ether oxygens (including phenoxy) is 1. The van der Waals surface area contributed by atoms with Gasteiger partial charge in [-0.1, -0.05) is 6.92 Å². The number of anilines is 1. The summed E-state index contributed by atoms with van der Waals surface area (Å²) in [5, 5.41) is 9.84. The average molecular weight is 300 g/mol. The van der Waals surface area contributed by atoms with Gasteiger partial charge < -0.3 is 14.7 Å². The summed E-state index contributed by atoms with van der Waals surface area (Å²) in [6.07, 6.45) is 2.41. The summed E-state index contributed by atoms with van der Waals surface area (Å²) in [4.78, 5) is 2.30. The first-order valence-electron chi connectivity index (χ1n) is 5.93. The smallest absolute Gasteiger partial charge is 0.138 e. The van der Waals surface area contributed by atoms with Crippen LogP contribution in [0.15, 0.2) is 16.6 Å². The van der Waals surface area contributed by atoms with E-state index >= 15 is 0 Å². The highest BCUT2D eigenvalue weighted by molar-refractivity contribution is 9.10.